The second-order valence-electron chi connectivity index (χ2n) is 1.95. The van der Waals surface area contributed by atoms with Gasteiger partial charge in [0.25, 0.3) is 5.56 Å². The third-order valence-electron chi connectivity index (χ3n) is 1.27. The highest BCUT2D eigenvalue weighted by atomic mass is 16.5. The van der Waals surface area contributed by atoms with Crippen LogP contribution < -0.4 is 5.56 Å². The van der Waals surface area contributed by atoms with Gasteiger partial charge in [-0.15, -0.1) is 0 Å². The van der Waals surface area contributed by atoms with Gasteiger partial charge in [-0.05, 0) is 12.1 Å². The first-order valence-corrected chi connectivity index (χ1v) is 3.06. The van der Waals surface area contributed by atoms with Crippen molar-refractivity contribution in [3.05, 3.63) is 34.2 Å². The monoisotopic (exact) mass is 152 g/mol. The molecule has 0 saturated heterocycles. The van der Waals surface area contributed by atoms with E-state index in [-0.39, 0.29) is 17.0 Å². The van der Waals surface area contributed by atoms with Crippen LogP contribution in [0.4, 0.5) is 0 Å². The lowest BCUT2D eigenvalue weighted by atomic mass is 10.3. The topological polar surface area (TPSA) is 65.9 Å². The average Bonchev–Trinajstić information content (AvgIpc) is 2.04. The summed E-state index contributed by atoms with van der Waals surface area (Å²) in [6.45, 7) is 0. The van der Waals surface area contributed by atoms with Gasteiger partial charge in [0, 0.05) is 6.20 Å². The van der Waals surface area contributed by atoms with E-state index in [1.165, 1.54) is 19.4 Å². The minimum absolute atomic E-state index is 0.119. The molecular formula is C7H8N2O2. The Bertz CT molecular complexity index is 316. The van der Waals surface area contributed by atoms with E-state index >= 15 is 0 Å². The Hall–Kier alpha value is -1.58. The van der Waals surface area contributed by atoms with Gasteiger partial charge in [-0.2, -0.15) is 0 Å². The molecule has 0 aliphatic carbocycles. The predicted molar refractivity (Wildman–Crippen MR) is 40.9 cm³/mol. The number of ether oxygens (including phenoxy) is 1. The Morgan fingerprint density at radius 3 is 3.00 bits per heavy atom. The molecule has 1 rings (SSSR count). The van der Waals surface area contributed by atoms with Gasteiger partial charge in [-0.3, -0.25) is 10.2 Å². The Kier molecular flexibility index (Phi) is 2.06. The van der Waals surface area contributed by atoms with Gasteiger partial charge in [-0.25, -0.2) is 0 Å². The zero-order valence-corrected chi connectivity index (χ0v) is 6.05. The molecule has 1 heterocycles. The lowest BCUT2D eigenvalue weighted by Gasteiger charge is -1.98. The van der Waals surface area contributed by atoms with E-state index in [1.807, 2.05) is 0 Å². The molecule has 0 atom stereocenters. The first kappa shape index (κ1) is 7.53. The summed E-state index contributed by atoms with van der Waals surface area (Å²) in [5, 5.41) is 7.18. The van der Waals surface area contributed by atoms with Crippen molar-refractivity contribution in [2.24, 2.45) is 0 Å². The molecule has 0 radical (unpaired) electrons. The number of nitrogens with one attached hydrogen (secondary N) is 2. The largest absolute Gasteiger partial charge is 0.481 e. The van der Waals surface area contributed by atoms with Crippen LogP contribution in [0.15, 0.2) is 23.1 Å². The molecule has 0 aliphatic rings. The fourth-order valence-corrected chi connectivity index (χ4v) is 0.710. The normalized spacial score (nSPS) is 9.18. The van der Waals surface area contributed by atoms with E-state index in [9.17, 15) is 4.79 Å². The van der Waals surface area contributed by atoms with Crippen molar-refractivity contribution < 1.29 is 4.74 Å². The van der Waals surface area contributed by atoms with E-state index in [4.69, 9.17) is 5.41 Å². The smallest absolute Gasteiger partial charge is 0.260 e. The lowest BCUT2D eigenvalue weighted by Crippen LogP contribution is -2.17. The van der Waals surface area contributed by atoms with Gasteiger partial charge in [-0.1, -0.05) is 0 Å². The molecule has 0 aromatic carbocycles. The van der Waals surface area contributed by atoms with Crippen LogP contribution in [0.25, 0.3) is 0 Å². The van der Waals surface area contributed by atoms with Gasteiger partial charge < -0.3 is 9.72 Å². The molecule has 1 aromatic heterocycles. The van der Waals surface area contributed by atoms with Crippen molar-refractivity contribution in [1.82, 2.24) is 4.98 Å². The molecule has 0 amide bonds. The van der Waals surface area contributed by atoms with Crippen LogP contribution in [0.1, 0.15) is 5.56 Å². The van der Waals surface area contributed by atoms with Gasteiger partial charge >= 0.3 is 0 Å². The highest BCUT2D eigenvalue weighted by Gasteiger charge is 2.03. The van der Waals surface area contributed by atoms with E-state index in [2.05, 4.69) is 9.72 Å². The minimum Gasteiger partial charge on any atom is -0.481 e. The number of hydrogen-bond donors (Lipinski definition) is 2. The molecule has 0 fully saturated rings. The van der Waals surface area contributed by atoms with Gasteiger partial charge in [0.05, 0.1) is 7.11 Å². The fraction of sp³-hybridized carbons (Fsp3) is 0.143. The predicted octanol–water partition coefficient (Wildman–Crippen LogP) is 0.347. The molecule has 1 aromatic rings. The van der Waals surface area contributed by atoms with Gasteiger partial charge in [0.15, 0.2) is 0 Å². The number of methoxy groups -OCH3 is 1. The number of hydrogen-bond acceptors (Lipinski definition) is 3. The lowest BCUT2D eigenvalue weighted by molar-refractivity contribution is 0.400. The number of aromatic nitrogens is 1. The Balaban J connectivity index is 3.14. The molecule has 58 valence electrons. The molecule has 4 heteroatoms. The standard InChI is InChI=1S/C7H8N2O2/c1-11-6(8)5-3-2-4-9-7(5)10/h2-4,8H,1H3,(H,9,10). The highest BCUT2D eigenvalue weighted by molar-refractivity contribution is 5.90. The van der Waals surface area contributed by atoms with E-state index in [0.29, 0.717) is 0 Å². The molecule has 0 unspecified atom stereocenters. The maximum Gasteiger partial charge on any atom is 0.260 e. The van der Waals surface area contributed by atoms with Crippen molar-refractivity contribution in [3.63, 3.8) is 0 Å². The van der Waals surface area contributed by atoms with E-state index in [1.54, 1.807) is 6.07 Å². The summed E-state index contributed by atoms with van der Waals surface area (Å²) in [5.41, 5.74) is -0.0608. The molecule has 0 saturated carbocycles. The third-order valence-corrected chi connectivity index (χ3v) is 1.27. The van der Waals surface area contributed by atoms with Gasteiger partial charge in [0.2, 0.25) is 5.90 Å². The minimum atomic E-state index is -0.306. The second kappa shape index (κ2) is 3.01. The average molecular weight is 152 g/mol. The van der Waals surface area contributed by atoms with Crippen molar-refractivity contribution in [2.45, 2.75) is 0 Å². The summed E-state index contributed by atoms with van der Waals surface area (Å²) >= 11 is 0. The van der Waals surface area contributed by atoms with Crippen LogP contribution in [0.3, 0.4) is 0 Å². The second-order valence-corrected chi connectivity index (χ2v) is 1.95. The quantitative estimate of drug-likeness (QED) is 0.450. The van der Waals surface area contributed by atoms with Crippen LogP contribution >= 0.6 is 0 Å². The molecular weight excluding hydrogens is 144 g/mol. The van der Waals surface area contributed by atoms with Crippen LogP contribution in [0, 0.1) is 5.41 Å². The van der Waals surface area contributed by atoms with Crippen molar-refractivity contribution >= 4 is 5.90 Å². The summed E-state index contributed by atoms with van der Waals surface area (Å²) in [6, 6.07) is 3.18. The zero-order chi connectivity index (χ0) is 8.27. The summed E-state index contributed by atoms with van der Waals surface area (Å²) < 4.78 is 4.58. The van der Waals surface area contributed by atoms with Crippen LogP contribution in [-0.2, 0) is 4.74 Å². The van der Waals surface area contributed by atoms with Crippen molar-refractivity contribution in [1.29, 1.82) is 5.41 Å². The number of rotatable bonds is 1. The van der Waals surface area contributed by atoms with E-state index < -0.39 is 0 Å². The number of pyridine rings is 1. The first-order valence-electron chi connectivity index (χ1n) is 3.06. The fourth-order valence-electron chi connectivity index (χ4n) is 0.710. The van der Waals surface area contributed by atoms with Gasteiger partial charge in [0.1, 0.15) is 5.56 Å². The van der Waals surface area contributed by atoms with Crippen LogP contribution in [-0.4, -0.2) is 18.0 Å². The number of aromatic amines is 1. The maximum atomic E-state index is 10.9. The zero-order valence-electron chi connectivity index (χ0n) is 6.05. The maximum absolute atomic E-state index is 10.9. The highest BCUT2D eigenvalue weighted by Crippen LogP contribution is 1.90. The molecule has 0 spiro atoms. The molecule has 2 N–H and O–H groups in total. The molecule has 11 heavy (non-hydrogen) atoms. The summed E-state index contributed by atoms with van der Waals surface area (Å²) in [4.78, 5) is 13.4. The van der Waals surface area contributed by atoms with Crippen LogP contribution in [0.2, 0.25) is 0 Å². The Morgan fingerprint density at radius 2 is 2.45 bits per heavy atom. The van der Waals surface area contributed by atoms with Crippen LogP contribution in [0.5, 0.6) is 0 Å². The SMILES string of the molecule is COC(=N)c1ccc[nH]c1=O. The van der Waals surface area contributed by atoms with Crippen molar-refractivity contribution in [3.8, 4) is 0 Å². The summed E-state index contributed by atoms with van der Waals surface area (Å²) in [5.74, 6) is -0.119. The first-order chi connectivity index (χ1) is 5.25. The number of H-pyrrole nitrogens is 1. The summed E-state index contributed by atoms with van der Waals surface area (Å²) in [6.07, 6.45) is 1.51. The molecule has 0 bridgehead atoms. The summed E-state index contributed by atoms with van der Waals surface area (Å²) in [7, 11) is 1.36. The molecule has 4 nitrogen and oxygen atoms in total. The van der Waals surface area contributed by atoms with Crippen molar-refractivity contribution in [2.75, 3.05) is 7.11 Å². The Labute approximate surface area is 63.3 Å². The van der Waals surface area contributed by atoms with E-state index in [0.717, 1.165) is 0 Å². The molecule has 0 aliphatic heterocycles. The Morgan fingerprint density at radius 1 is 1.73 bits per heavy atom. The third kappa shape index (κ3) is 1.46.